The smallest absolute Gasteiger partial charge is 0.325 e. The number of halogens is 1. The van der Waals surface area contributed by atoms with Gasteiger partial charge in [-0.2, -0.15) is 5.26 Å². The van der Waals surface area contributed by atoms with Crippen molar-refractivity contribution in [2.24, 2.45) is 4.99 Å². The van der Waals surface area contributed by atoms with Crippen molar-refractivity contribution in [2.45, 2.75) is 32.9 Å². The van der Waals surface area contributed by atoms with E-state index in [-0.39, 0.29) is 18.5 Å². The van der Waals surface area contributed by atoms with Gasteiger partial charge in [0, 0.05) is 22.2 Å². The van der Waals surface area contributed by atoms with Crippen LogP contribution in [0.15, 0.2) is 33.8 Å². The van der Waals surface area contributed by atoms with E-state index in [1.807, 2.05) is 38.1 Å². The number of aryl methyl sites for hydroxylation is 2. The summed E-state index contributed by atoms with van der Waals surface area (Å²) in [6.07, 6.45) is 0.259. The van der Waals surface area contributed by atoms with E-state index in [9.17, 15) is 4.79 Å². The molecule has 1 aromatic carbocycles. The van der Waals surface area contributed by atoms with E-state index in [1.54, 1.807) is 16.9 Å². The summed E-state index contributed by atoms with van der Waals surface area (Å²) in [6, 6.07) is 9.47. The number of ether oxygens (including phenoxy) is 1. The van der Waals surface area contributed by atoms with Crippen molar-refractivity contribution in [3.8, 4) is 22.9 Å². The fourth-order valence-corrected chi connectivity index (χ4v) is 5.79. The summed E-state index contributed by atoms with van der Waals surface area (Å²) >= 11 is 7.60. The molecule has 2 aliphatic heterocycles. The number of amides is 2. The van der Waals surface area contributed by atoms with Gasteiger partial charge in [0.15, 0.2) is 0 Å². The number of aromatic nitrogens is 1. The van der Waals surface area contributed by atoms with E-state index < -0.39 is 0 Å². The number of nitrogens with zero attached hydrogens (tertiary/aromatic N) is 5. The summed E-state index contributed by atoms with van der Waals surface area (Å²) in [4.78, 5) is 22.8. The summed E-state index contributed by atoms with van der Waals surface area (Å²) in [5.74, 6) is 1.35. The molecule has 4 heterocycles. The Morgan fingerprint density at radius 2 is 2.18 bits per heavy atom. The first-order valence-corrected chi connectivity index (χ1v) is 12.0. The van der Waals surface area contributed by atoms with Crippen molar-refractivity contribution >= 4 is 34.7 Å². The van der Waals surface area contributed by atoms with E-state index >= 15 is 0 Å². The highest BCUT2D eigenvalue weighted by Crippen LogP contribution is 2.35. The zero-order valence-electron chi connectivity index (χ0n) is 19.0. The van der Waals surface area contributed by atoms with Crippen molar-refractivity contribution in [2.75, 3.05) is 20.2 Å². The third-order valence-electron chi connectivity index (χ3n) is 6.20. The van der Waals surface area contributed by atoms with Crippen molar-refractivity contribution in [3.05, 3.63) is 55.5 Å². The lowest BCUT2D eigenvalue weighted by Gasteiger charge is -2.23. The lowest BCUT2D eigenvalue weighted by atomic mass is 9.99. The average molecular weight is 496 g/mol. The number of carbonyl (C=O) groups excluding carboxylic acids is 1. The molecular weight excluding hydrogens is 474 g/mol. The van der Waals surface area contributed by atoms with E-state index in [0.29, 0.717) is 35.5 Å². The van der Waals surface area contributed by atoms with Crippen LogP contribution in [0.4, 0.5) is 4.79 Å². The van der Waals surface area contributed by atoms with Gasteiger partial charge < -0.3 is 14.2 Å². The van der Waals surface area contributed by atoms with Crippen LogP contribution in [-0.2, 0) is 6.54 Å². The summed E-state index contributed by atoms with van der Waals surface area (Å²) in [5.41, 5.74) is 3.38. The Morgan fingerprint density at radius 1 is 1.35 bits per heavy atom. The monoisotopic (exact) mass is 495 g/mol. The molecule has 1 unspecified atom stereocenters. The molecular formula is C24H22ClN5O3S. The van der Waals surface area contributed by atoms with Crippen LogP contribution in [0.5, 0.6) is 5.75 Å². The molecule has 2 amide bonds. The fourth-order valence-electron chi connectivity index (χ4n) is 4.72. The topological polar surface area (TPSA) is 95.0 Å². The molecule has 0 N–H and O–H groups in total. The van der Waals surface area contributed by atoms with Crippen molar-refractivity contribution in [1.82, 2.24) is 15.0 Å². The van der Waals surface area contributed by atoms with Crippen LogP contribution in [0.25, 0.3) is 16.8 Å². The number of benzene rings is 1. The number of nitriles is 1. The average Bonchev–Trinajstić information content (AvgIpc) is 3.47. The van der Waals surface area contributed by atoms with Gasteiger partial charge in [-0.25, -0.2) is 4.79 Å². The van der Waals surface area contributed by atoms with E-state index in [1.165, 1.54) is 11.3 Å². The second-order valence-electron chi connectivity index (χ2n) is 8.19. The van der Waals surface area contributed by atoms with Crippen LogP contribution < -0.4 is 15.3 Å². The van der Waals surface area contributed by atoms with Crippen LogP contribution in [0.1, 0.15) is 22.8 Å². The van der Waals surface area contributed by atoms with Crippen LogP contribution in [0, 0.1) is 25.2 Å². The third-order valence-corrected chi connectivity index (χ3v) is 7.41. The van der Waals surface area contributed by atoms with Gasteiger partial charge in [0.25, 0.3) is 0 Å². The molecule has 0 spiro atoms. The maximum Gasteiger partial charge on any atom is 0.325 e. The largest absolute Gasteiger partial charge is 0.496 e. The van der Waals surface area contributed by atoms with E-state index in [4.69, 9.17) is 31.1 Å². The molecule has 0 bridgehead atoms. The molecule has 34 heavy (non-hydrogen) atoms. The lowest BCUT2D eigenvalue weighted by Crippen LogP contribution is -2.43. The zero-order chi connectivity index (χ0) is 24.0. The van der Waals surface area contributed by atoms with Crippen LogP contribution in [0.2, 0.25) is 4.34 Å². The Hall–Kier alpha value is -3.35. The number of hydrogen-bond donors (Lipinski definition) is 0. The first-order chi connectivity index (χ1) is 16.4. The predicted molar refractivity (Wildman–Crippen MR) is 128 cm³/mol. The van der Waals surface area contributed by atoms with Crippen molar-refractivity contribution in [3.63, 3.8) is 0 Å². The van der Waals surface area contributed by atoms with Crippen LogP contribution in [0.3, 0.4) is 0 Å². The molecule has 0 saturated carbocycles. The highest BCUT2D eigenvalue weighted by molar-refractivity contribution is 7.16. The molecule has 2 aromatic heterocycles. The lowest BCUT2D eigenvalue weighted by molar-refractivity contribution is 0.188. The van der Waals surface area contributed by atoms with Crippen molar-refractivity contribution < 1.29 is 14.1 Å². The van der Waals surface area contributed by atoms with Crippen molar-refractivity contribution in [1.29, 1.82) is 5.26 Å². The summed E-state index contributed by atoms with van der Waals surface area (Å²) in [5, 5.41) is 14.8. The minimum atomic E-state index is -0.238. The summed E-state index contributed by atoms with van der Waals surface area (Å²) in [7, 11) is 1.62. The molecule has 174 valence electrons. The Labute approximate surface area is 205 Å². The standard InChI is InChI=1S/C24H22ClN5O3S/c1-13-22(14(2)33-28-13)17-9-18-16(10-20(17)32-3)23-19(11-27-18)29(8-4-7-26)24(31)30(23)12-15-5-6-21(25)34-15/h5-6,9-10,19H,4,8,11-12H2,1-3H3. The van der Waals surface area contributed by atoms with Gasteiger partial charge in [-0.1, -0.05) is 16.8 Å². The molecule has 3 aromatic rings. The molecule has 10 heteroatoms. The van der Waals surface area contributed by atoms with Gasteiger partial charge in [-0.05, 0) is 38.1 Å². The number of fused-ring (bicyclic) bond motifs is 2. The number of carbonyl (C=O) groups is 1. The van der Waals surface area contributed by atoms with Crippen LogP contribution in [-0.4, -0.2) is 47.2 Å². The second kappa shape index (κ2) is 8.78. The number of thiophene rings is 1. The Bertz CT molecular complexity index is 1430. The quantitative estimate of drug-likeness (QED) is 0.520. The number of methoxy groups -OCH3 is 1. The third kappa shape index (κ3) is 3.63. The Balaban J connectivity index is 1.71. The maximum absolute atomic E-state index is 13.5. The number of hydrogen-bond acceptors (Lipinski definition) is 7. The maximum atomic E-state index is 13.5. The van der Waals surface area contributed by atoms with Gasteiger partial charge in [-0.3, -0.25) is 9.89 Å². The highest BCUT2D eigenvalue weighted by atomic mass is 35.5. The molecule has 1 fully saturated rings. The number of urea groups is 1. The molecule has 0 radical (unpaired) electrons. The van der Waals surface area contributed by atoms with Gasteiger partial charge >= 0.3 is 6.03 Å². The van der Waals surface area contributed by atoms with Gasteiger partial charge in [0.05, 0.1) is 65.4 Å². The van der Waals surface area contributed by atoms with E-state index in [2.05, 4.69) is 11.2 Å². The van der Waals surface area contributed by atoms with Crippen LogP contribution >= 0.6 is 22.9 Å². The van der Waals surface area contributed by atoms with Gasteiger partial charge in [0.2, 0.25) is 0 Å². The highest BCUT2D eigenvalue weighted by Gasteiger charge is 2.43. The van der Waals surface area contributed by atoms with Gasteiger partial charge in [-0.15, -0.1) is 11.3 Å². The fraction of sp³-hybridized carbons (Fsp3) is 0.333. The molecule has 1 saturated heterocycles. The van der Waals surface area contributed by atoms with Gasteiger partial charge in [0.1, 0.15) is 11.5 Å². The molecule has 1 atom stereocenters. The first kappa shape index (κ1) is 22.4. The Morgan fingerprint density at radius 3 is 2.82 bits per heavy atom. The first-order valence-electron chi connectivity index (χ1n) is 10.8. The van der Waals surface area contributed by atoms with E-state index in [0.717, 1.165) is 38.0 Å². The molecule has 0 aliphatic carbocycles. The SMILES string of the molecule is COc1cc2c(cc1-c1c(C)noc1C)=NCC1C=2N(Cc2ccc(Cl)s2)C(=O)N1CCC#N. The molecule has 5 rings (SSSR count). The molecule has 2 aliphatic rings. The summed E-state index contributed by atoms with van der Waals surface area (Å²) < 4.78 is 11.8. The molecule has 8 nitrogen and oxygen atoms in total. The number of rotatable bonds is 6. The second-order valence-corrected chi connectivity index (χ2v) is 9.99. The normalized spacial score (nSPS) is 16.9. The zero-order valence-corrected chi connectivity index (χ0v) is 20.5. The predicted octanol–water partition coefficient (Wildman–Crippen LogP) is 3.64. The Kier molecular flexibility index (Phi) is 5.80. The minimum absolute atomic E-state index is 0.128. The minimum Gasteiger partial charge on any atom is -0.496 e. The summed E-state index contributed by atoms with van der Waals surface area (Å²) in [6.45, 7) is 4.94.